The van der Waals surface area contributed by atoms with Gasteiger partial charge in [0.2, 0.25) is 5.91 Å². The molecule has 164 valence electrons. The molecule has 0 spiro atoms. The lowest BCUT2D eigenvalue weighted by molar-refractivity contribution is -0.146. The molecule has 0 aliphatic carbocycles. The van der Waals surface area contributed by atoms with Gasteiger partial charge in [0, 0.05) is 51.5 Å². The minimum absolute atomic E-state index is 0.0448. The number of para-hydroxylation sites is 1. The number of ether oxygens (including phenoxy) is 1. The molecular weight excluding hydrogens is 382 g/mol. The Morgan fingerprint density at radius 3 is 2.30 bits per heavy atom. The Balaban J connectivity index is 1.50. The highest BCUT2D eigenvalue weighted by molar-refractivity contribution is 5.85. The maximum absolute atomic E-state index is 12.7. The fourth-order valence-corrected chi connectivity index (χ4v) is 4.01. The molecule has 8 nitrogen and oxygen atoms in total. The number of hydrogen-bond donors (Lipinski definition) is 1. The second kappa shape index (κ2) is 10.8. The number of piperidine rings is 1. The number of nitrogens with one attached hydrogen (secondary N) is 1. The highest BCUT2D eigenvalue weighted by Crippen LogP contribution is 2.19. The van der Waals surface area contributed by atoms with Crippen LogP contribution in [0.1, 0.15) is 19.8 Å². The average Bonchev–Trinajstić information content (AvgIpc) is 2.82. The lowest BCUT2D eigenvalue weighted by Crippen LogP contribution is -2.50. The first-order valence-corrected chi connectivity index (χ1v) is 10.8. The van der Waals surface area contributed by atoms with Gasteiger partial charge in [-0.25, -0.2) is 4.99 Å². The summed E-state index contributed by atoms with van der Waals surface area (Å²) in [7, 11) is 1.44. The third-order valence-corrected chi connectivity index (χ3v) is 5.78. The van der Waals surface area contributed by atoms with Gasteiger partial charge in [0.15, 0.2) is 5.96 Å². The second-order valence-corrected chi connectivity index (χ2v) is 7.66. The van der Waals surface area contributed by atoms with Crippen LogP contribution in [0.5, 0.6) is 0 Å². The van der Waals surface area contributed by atoms with E-state index < -0.39 is 0 Å². The summed E-state index contributed by atoms with van der Waals surface area (Å²) >= 11 is 0. The Morgan fingerprint density at radius 1 is 1.03 bits per heavy atom. The van der Waals surface area contributed by atoms with Gasteiger partial charge < -0.3 is 24.8 Å². The van der Waals surface area contributed by atoms with Crippen molar-refractivity contribution in [3.05, 3.63) is 30.3 Å². The Hall–Kier alpha value is -2.77. The molecule has 0 aromatic heterocycles. The summed E-state index contributed by atoms with van der Waals surface area (Å²) in [5.74, 6) is 0.623. The minimum atomic E-state index is -0.138. The lowest BCUT2D eigenvalue weighted by atomic mass is 9.97. The molecule has 2 aliphatic rings. The summed E-state index contributed by atoms with van der Waals surface area (Å²) in [6.07, 6.45) is 1.49. The fourth-order valence-electron chi connectivity index (χ4n) is 4.01. The highest BCUT2D eigenvalue weighted by atomic mass is 16.5. The Morgan fingerprint density at radius 2 is 1.70 bits per heavy atom. The van der Waals surface area contributed by atoms with E-state index in [1.807, 2.05) is 30.0 Å². The average molecular weight is 416 g/mol. The van der Waals surface area contributed by atoms with Gasteiger partial charge in [0.25, 0.3) is 0 Å². The van der Waals surface area contributed by atoms with Crippen molar-refractivity contribution in [3.8, 4) is 0 Å². The lowest BCUT2D eigenvalue weighted by Gasteiger charge is -2.36. The third-order valence-electron chi connectivity index (χ3n) is 5.78. The van der Waals surface area contributed by atoms with Gasteiger partial charge >= 0.3 is 5.97 Å². The van der Waals surface area contributed by atoms with Crippen LogP contribution < -0.4 is 10.2 Å². The maximum Gasteiger partial charge on any atom is 0.308 e. The number of amides is 1. The highest BCUT2D eigenvalue weighted by Gasteiger charge is 2.27. The first-order chi connectivity index (χ1) is 14.6. The molecule has 0 unspecified atom stereocenters. The standard InChI is InChI=1S/C22H33N5O3/c1-3-23-22(27-11-9-18(10-12-27)21(29)30-2)24-17-20(28)26-15-13-25(14-16-26)19-7-5-4-6-8-19/h4-8,18H,3,9-17H2,1-2H3,(H,23,24). The molecule has 1 aromatic rings. The van der Waals surface area contributed by atoms with Crippen LogP contribution in [0.2, 0.25) is 0 Å². The molecule has 1 amide bonds. The SMILES string of the molecule is CCNC(=NCC(=O)N1CCN(c2ccccc2)CC1)N1CCC(C(=O)OC)CC1. The van der Waals surface area contributed by atoms with E-state index in [0.29, 0.717) is 13.1 Å². The number of guanidine groups is 1. The number of rotatable bonds is 5. The number of hydrogen-bond acceptors (Lipinski definition) is 5. The summed E-state index contributed by atoms with van der Waals surface area (Å²) in [4.78, 5) is 35.4. The summed E-state index contributed by atoms with van der Waals surface area (Å²) in [6, 6.07) is 10.3. The van der Waals surface area contributed by atoms with Crippen LogP contribution in [0.3, 0.4) is 0 Å². The summed E-state index contributed by atoms with van der Waals surface area (Å²) in [5.41, 5.74) is 1.20. The van der Waals surface area contributed by atoms with E-state index in [1.54, 1.807) is 0 Å². The Bertz CT molecular complexity index is 724. The van der Waals surface area contributed by atoms with E-state index >= 15 is 0 Å². The molecule has 1 N–H and O–H groups in total. The van der Waals surface area contributed by atoms with Crippen LogP contribution in [-0.4, -0.2) is 87.1 Å². The zero-order valence-electron chi connectivity index (χ0n) is 18.0. The second-order valence-electron chi connectivity index (χ2n) is 7.66. The number of piperazine rings is 1. The van der Waals surface area contributed by atoms with Crippen molar-refractivity contribution < 1.29 is 14.3 Å². The molecule has 2 aliphatic heterocycles. The van der Waals surface area contributed by atoms with Crippen LogP contribution >= 0.6 is 0 Å². The molecule has 2 heterocycles. The van der Waals surface area contributed by atoms with Crippen molar-refractivity contribution in [2.24, 2.45) is 10.9 Å². The molecule has 3 rings (SSSR count). The number of anilines is 1. The van der Waals surface area contributed by atoms with Gasteiger partial charge in [-0.05, 0) is 31.9 Å². The molecule has 0 atom stereocenters. The number of esters is 1. The van der Waals surface area contributed by atoms with Crippen LogP contribution in [0.4, 0.5) is 5.69 Å². The number of carbonyl (C=O) groups is 2. The molecule has 2 fully saturated rings. The molecule has 30 heavy (non-hydrogen) atoms. The van der Waals surface area contributed by atoms with Crippen molar-refractivity contribution >= 4 is 23.5 Å². The number of likely N-dealkylation sites (tertiary alicyclic amines) is 1. The van der Waals surface area contributed by atoms with Crippen LogP contribution in [-0.2, 0) is 14.3 Å². The molecule has 0 saturated carbocycles. The van der Waals surface area contributed by atoms with Gasteiger partial charge in [0.05, 0.1) is 13.0 Å². The van der Waals surface area contributed by atoms with E-state index in [4.69, 9.17) is 4.74 Å². The van der Waals surface area contributed by atoms with Crippen molar-refractivity contribution in [3.63, 3.8) is 0 Å². The topological polar surface area (TPSA) is 77.5 Å². The number of methoxy groups -OCH3 is 1. The zero-order chi connectivity index (χ0) is 21.3. The van der Waals surface area contributed by atoms with Gasteiger partial charge in [-0.15, -0.1) is 0 Å². The molecule has 0 bridgehead atoms. The molecule has 1 aromatic carbocycles. The van der Waals surface area contributed by atoms with E-state index in [9.17, 15) is 9.59 Å². The minimum Gasteiger partial charge on any atom is -0.469 e. The zero-order valence-corrected chi connectivity index (χ0v) is 18.0. The quantitative estimate of drug-likeness (QED) is 0.442. The largest absolute Gasteiger partial charge is 0.469 e. The van der Waals surface area contributed by atoms with Gasteiger partial charge in [0.1, 0.15) is 6.54 Å². The summed E-state index contributed by atoms with van der Waals surface area (Å²) in [6.45, 7) is 7.45. The van der Waals surface area contributed by atoms with E-state index in [0.717, 1.165) is 51.5 Å². The first-order valence-electron chi connectivity index (χ1n) is 10.8. The van der Waals surface area contributed by atoms with Crippen LogP contribution in [0, 0.1) is 5.92 Å². The van der Waals surface area contributed by atoms with Gasteiger partial charge in [-0.1, -0.05) is 18.2 Å². The number of aliphatic imine (C=N–C) groups is 1. The first kappa shape index (κ1) is 21.9. The van der Waals surface area contributed by atoms with Gasteiger partial charge in [-0.3, -0.25) is 9.59 Å². The van der Waals surface area contributed by atoms with Crippen LogP contribution in [0.25, 0.3) is 0 Å². The maximum atomic E-state index is 12.7. The smallest absolute Gasteiger partial charge is 0.308 e. The number of benzene rings is 1. The summed E-state index contributed by atoms with van der Waals surface area (Å²) < 4.78 is 4.86. The van der Waals surface area contributed by atoms with Crippen molar-refractivity contribution in [2.45, 2.75) is 19.8 Å². The predicted molar refractivity (Wildman–Crippen MR) is 118 cm³/mol. The van der Waals surface area contributed by atoms with Crippen LogP contribution in [0.15, 0.2) is 35.3 Å². The summed E-state index contributed by atoms with van der Waals surface area (Å²) in [5, 5.41) is 3.28. The molecule has 2 saturated heterocycles. The predicted octanol–water partition coefficient (Wildman–Crippen LogP) is 1.19. The molecule has 8 heteroatoms. The third kappa shape index (κ3) is 5.64. The normalized spacial score (nSPS) is 18.3. The van der Waals surface area contributed by atoms with E-state index in [1.165, 1.54) is 12.8 Å². The Labute approximate surface area is 178 Å². The Kier molecular flexibility index (Phi) is 7.93. The van der Waals surface area contributed by atoms with E-state index in [2.05, 4.69) is 32.2 Å². The monoisotopic (exact) mass is 415 g/mol. The molecule has 0 radical (unpaired) electrons. The van der Waals surface area contributed by atoms with Crippen molar-refractivity contribution in [2.75, 3.05) is 64.4 Å². The van der Waals surface area contributed by atoms with E-state index in [-0.39, 0.29) is 24.3 Å². The number of carbonyl (C=O) groups excluding carboxylic acids is 2. The van der Waals surface area contributed by atoms with Crippen molar-refractivity contribution in [1.82, 2.24) is 15.1 Å². The van der Waals surface area contributed by atoms with Gasteiger partial charge in [-0.2, -0.15) is 0 Å². The van der Waals surface area contributed by atoms with Crippen molar-refractivity contribution in [1.29, 1.82) is 0 Å². The fraction of sp³-hybridized carbons (Fsp3) is 0.591. The number of nitrogens with zero attached hydrogens (tertiary/aromatic N) is 4. The molecular formula is C22H33N5O3.